The van der Waals surface area contributed by atoms with Gasteiger partial charge in [0.25, 0.3) is 0 Å². The second kappa shape index (κ2) is 9.17. The van der Waals surface area contributed by atoms with Gasteiger partial charge in [-0.3, -0.25) is 0 Å². The highest BCUT2D eigenvalue weighted by molar-refractivity contribution is 4.71. The highest BCUT2D eigenvalue weighted by Crippen LogP contribution is 2.06. The van der Waals surface area contributed by atoms with E-state index in [1.165, 1.54) is 12.8 Å². The van der Waals surface area contributed by atoms with Gasteiger partial charge in [0.1, 0.15) is 0 Å². The molecule has 0 amide bonds. The Kier molecular flexibility index (Phi) is 9.12. The Morgan fingerprint density at radius 3 is 2.27 bits per heavy atom. The Balaban J connectivity index is 3.74. The lowest BCUT2D eigenvalue weighted by atomic mass is 10.0. The first kappa shape index (κ1) is 14.9. The van der Waals surface area contributed by atoms with Crippen molar-refractivity contribution in [1.82, 2.24) is 5.32 Å². The molecule has 2 atom stereocenters. The molecule has 92 valence electrons. The molecule has 0 bridgehead atoms. The second-order valence-corrected chi connectivity index (χ2v) is 4.81. The zero-order chi connectivity index (χ0) is 11.7. The molecule has 0 aliphatic heterocycles. The average Bonchev–Trinajstić information content (AvgIpc) is 2.17. The minimum atomic E-state index is 0.504. The molecule has 0 spiro atoms. The maximum absolute atomic E-state index is 5.49. The van der Waals surface area contributed by atoms with E-state index in [9.17, 15) is 0 Å². The standard InChI is InChI=1S/C13H29NO/c1-6-8-12(5)9-14-13(11(3)4)10-15-7-2/h11-14H,6-10H2,1-5H3. The molecule has 0 rings (SSSR count). The number of rotatable bonds is 9. The highest BCUT2D eigenvalue weighted by atomic mass is 16.5. The molecule has 2 heteroatoms. The van der Waals surface area contributed by atoms with Crippen LogP contribution in [0.5, 0.6) is 0 Å². The third-order valence-corrected chi connectivity index (χ3v) is 2.82. The van der Waals surface area contributed by atoms with Crippen LogP contribution in [0.25, 0.3) is 0 Å². The maximum atomic E-state index is 5.49. The molecule has 0 aliphatic carbocycles. The summed E-state index contributed by atoms with van der Waals surface area (Å²) in [4.78, 5) is 0. The number of hydrogen-bond donors (Lipinski definition) is 1. The average molecular weight is 215 g/mol. The summed E-state index contributed by atoms with van der Waals surface area (Å²) in [5.41, 5.74) is 0. The molecule has 0 fully saturated rings. The summed E-state index contributed by atoms with van der Waals surface area (Å²) >= 11 is 0. The van der Waals surface area contributed by atoms with E-state index in [2.05, 4.69) is 39.9 Å². The van der Waals surface area contributed by atoms with Gasteiger partial charge < -0.3 is 10.1 Å². The molecule has 2 nitrogen and oxygen atoms in total. The summed E-state index contributed by atoms with van der Waals surface area (Å²) in [6.07, 6.45) is 2.59. The molecule has 0 aromatic carbocycles. The lowest BCUT2D eigenvalue weighted by Gasteiger charge is -2.24. The van der Waals surface area contributed by atoms with Crippen LogP contribution in [0.15, 0.2) is 0 Å². The van der Waals surface area contributed by atoms with Gasteiger partial charge in [-0.2, -0.15) is 0 Å². The van der Waals surface area contributed by atoms with Crippen LogP contribution in [0.3, 0.4) is 0 Å². The first-order valence-electron chi connectivity index (χ1n) is 6.42. The second-order valence-electron chi connectivity index (χ2n) is 4.81. The topological polar surface area (TPSA) is 21.3 Å². The Bertz CT molecular complexity index is 136. The van der Waals surface area contributed by atoms with Crippen LogP contribution in [0.2, 0.25) is 0 Å². The molecule has 0 saturated carbocycles. The largest absolute Gasteiger partial charge is 0.380 e. The van der Waals surface area contributed by atoms with Gasteiger partial charge in [0.2, 0.25) is 0 Å². The van der Waals surface area contributed by atoms with Gasteiger partial charge in [-0.15, -0.1) is 0 Å². The summed E-state index contributed by atoms with van der Waals surface area (Å²) in [5, 5.41) is 3.61. The van der Waals surface area contributed by atoms with Crippen molar-refractivity contribution >= 4 is 0 Å². The molecular formula is C13H29NO. The molecule has 1 N–H and O–H groups in total. The van der Waals surface area contributed by atoms with Crippen LogP contribution in [0.4, 0.5) is 0 Å². The van der Waals surface area contributed by atoms with Crippen LogP contribution >= 0.6 is 0 Å². The van der Waals surface area contributed by atoms with Crippen LogP contribution in [-0.2, 0) is 4.74 Å². The van der Waals surface area contributed by atoms with Crippen molar-refractivity contribution in [2.75, 3.05) is 19.8 Å². The van der Waals surface area contributed by atoms with Crippen molar-refractivity contribution in [2.45, 2.75) is 53.5 Å². The quantitative estimate of drug-likeness (QED) is 0.638. The molecule has 0 saturated heterocycles. The third kappa shape index (κ3) is 7.80. The van der Waals surface area contributed by atoms with E-state index in [1.54, 1.807) is 0 Å². The fraction of sp³-hybridized carbons (Fsp3) is 1.00. The normalized spacial score (nSPS) is 15.6. The first-order chi connectivity index (χ1) is 7.11. The van der Waals surface area contributed by atoms with Crippen molar-refractivity contribution in [3.05, 3.63) is 0 Å². The van der Waals surface area contributed by atoms with Gasteiger partial charge in [-0.1, -0.05) is 34.1 Å². The van der Waals surface area contributed by atoms with Crippen LogP contribution in [0.1, 0.15) is 47.5 Å². The Morgan fingerprint density at radius 2 is 1.80 bits per heavy atom. The fourth-order valence-corrected chi connectivity index (χ4v) is 1.68. The van der Waals surface area contributed by atoms with Crippen molar-refractivity contribution < 1.29 is 4.74 Å². The molecule has 0 heterocycles. The van der Waals surface area contributed by atoms with E-state index < -0.39 is 0 Å². The van der Waals surface area contributed by atoms with Crippen LogP contribution in [0, 0.1) is 11.8 Å². The molecule has 0 aromatic heterocycles. The molecular weight excluding hydrogens is 186 g/mol. The monoisotopic (exact) mass is 215 g/mol. The summed E-state index contributed by atoms with van der Waals surface area (Å²) < 4.78 is 5.49. The van der Waals surface area contributed by atoms with Gasteiger partial charge in [0.05, 0.1) is 6.61 Å². The number of ether oxygens (including phenoxy) is 1. The smallest absolute Gasteiger partial charge is 0.0621 e. The van der Waals surface area contributed by atoms with Gasteiger partial charge in [-0.05, 0) is 31.7 Å². The molecule has 0 radical (unpaired) electrons. The summed E-state index contributed by atoms with van der Waals surface area (Å²) in [5.74, 6) is 1.42. The van der Waals surface area contributed by atoms with Gasteiger partial charge >= 0.3 is 0 Å². The number of hydrogen-bond acceptors (Lipinski definition) is 2. The Hall–Kier alpha value is -0.0800. The molecule has 0 aromatic rings. The van der Waals surface area contributed by atoms with Gasteiger partial charge in [0, 0.05) is 12.6 Å². The maximum Gasteiger partial charge on any atom is 0.0621 e. The van der Waals surface area contributed by atoms with E-state index in [1.807, 2.05) is 0 Å². The zero-order valence-electron chi connectivity index (χ0n) is 11.2. The minimum Gasteiger partial charge on any atom is -0.380 e. The predicted molar refractivity (Wildman–Crippen MR) is 67.2 cm³/mol. The van der Waals surface area contributed by atoms with Gasteiger partial charge in [-0.25, -0.2) is 0 Å². The Labute approximate surface area is 95.8 Å². The number of nitrogens with one attached hydrogen (secondary N) is 1. The molecule has 15 heavy (non-hydrogen) atoms. The Morgan fingerprint density at radius 1 is 1.13 bits per heavy atom. The highest BCUT2D eigenvalue weighted by Gasteiger charge is 2.13. The van der Waals surface area contributed by atoms with Crippen LogP contribution < -0.4 is 5.32 Å². The van der Waals surface area contributed by atoms with Crippen LogP contribution in [-0.4, -0.2) is 25.8 Å². The van der Waals surface area contributed by atoms with E-state index >= 15 is 0 Å². The van der Waals surface area contributed by atoms with E-state index in [0.29, 0.717) is 12.0 Å². The minimum absolute atomic E-state index is 0.504. The lowest BCUT2D eigenvalue weighted by Crippen LogP contribution is -2.40. The fourth-order valence-electron chi connectivity index (χ4n) is 1.68. The van der Waals surface area contributed by atoms with Crippen molar-refractivity contribution in [3.63, 3.8) is 0 Å². The van der Waals surface area contributed by atoms with Crippen molar-refractivity contribution in [1.29, 1.82) is 0 Å². The van der Waals surface area contributed by atoms with E-state index in [-0.39, 0.29) is 0 Å². The van der Waals surface area contributed by atoms with Gasteiger partial charge in [0.15, 0.2) is 0 Å². The predicted octanol–water partition coefficient (Wildman–Crippen LogP) is 3.07. The van der Waals surface area contributed by atoms with E-state index in [4.69, 9.17) is 4.74 Å². The van der Waals surface area contributed by atoms with Crippen molar-refractivity contribution in [2.24, 2.45) is 11.8 Å². The van der Waals surface area contributed by atoms with Crippen molar-refractivity contribution in [3.8, 4) is 0 Å². The molecule has 0 aliphatic rings. The SMILES string of the molecule is CCCC(C)CNC(COCC)C(C)C. The molecule has 2 unspecified atom stereocenters. The van der Waals surface area contributed by atoms with E-state index in [0.717, 1.165) is 25.7 Å². The summed E-state index contributed by atoms with van der Waals surface area (Å²) in [6.45, 7) is 13.9. The lowest BCUT2D eigenvalue weighted by molar-refractivity contribution is 0.107. The summed E-state index contributed by atoms with van der Waals surface area (Å²) in [6, 6.07) is 0.504. The summed E-state index contributed by atoms with van der Waals surface area (Å²) in [7, 11) is 0. The third-order valence-electron chi connectivity index (χ3n) is 2.82. The first-order valence-corrected chi connectivity index (χ1v) is 6.42. The zero-order valence-corrected chi connectivity index (χ0v) is 11.2.